The lowest BCUT2D eigenvalue weighted by molar-refractivity contribution is 0.105. The SMILES string of the molecule is CCOC(=O)N1CCN(c2nccc(Nc3ccc(OC)cc3OC)n2)CC1. The highest BCUT2D eigenvalue weighted by Crippen LogP contribution is 2.31. The van der Waals surface area contributed by atoms with Crippen LogP contribution in [0.1, 0.15) is 6.92 Å². The minimum Gasteiger partial charge on any atom is -0.497 e. The molecule has 150 valence electrons. The Kier molecular flexibility index (Phi) is 6.36. The number of rotatable bonds is 6. The first-order valence-corrected chi connectivity index (χ1v) is 9.13. The molecule has 2 heterocycles. The molecule has 3 rings (SSSR count). The van der Waals surface area contributed by atoms with Gasteiger partial charge in [0.15, 0.2) is 0 Å². The summed E-state index contributed by atoms with van der Waals surface area (Å²) in [6.45, 7) is 4.63. The molecule has 1 saturated heterocycles. The summed E-state index contributed by atoms with van der Waals surface area (Å²) in [5.41, 5.74) is 0.778. The number of piperazine rings is 1. The Hall–Kier alpha value is -3.23. The van der Waals surface area contributed by atoms with E-state index in [1.807, 2.05) is 17.0 Å². The van der Waals surface area contributed by atoms with E-state index in [1.54, 1.807) is 44.4 Å². The minimum atomic E-state index is -0.273. The zero-order chi connectivity index (χ0) is 19.9. The molecular formula is C19H25N5O4. The van der Waals surface area contributed by atoms with Crippen molar-refractivity contribution < 1.29 is 19.0 Å². The van der Waals surface area contributed by atoms with E-state index in [-0.39, 0.29) is 6.09 Å². The highest BCUT2D eigenvalue weighted by molar-refractivity contribution is 5.68. The Morgan fingerprint density at radius 2 is 1.93 bits per heavy atom. The van der Waals surface area contributed by atoms with Crippen LogP contribution in [0, 0.1) is 0 Å². The molecule has 0 atom stereocenters. The van der Waals surface area contributed by atoms with Crippen molar-refractivity contribution in [2.75, 3.05) is 57.2 Å². The molecule has 1 N–H and O–H groups in total. The number of benzene rings is 1. The van der Waals surface area contributed by atoms with Crippen molar-refractivity contribution in [2.24, 2.45) is 0 Å². The molecule has 1 aliphatic heterocycles. The summed E-state index contributed by atoms with van der Waals surface area (Å²) in [5, 5.41) is 3.26. The first kappa shape index (κ1) is 19.5. The number of amides is 1. The lowest BCUT2D eigenvalue weighted by Crippen LogP contribution is -2.49. The third kappa shape index (κ3) is 4.54. The molecule has 2 aromatic rings. The number of hydrogen-bond acceptors (Lipinski definition) is 8. The Balaban J connectivity index is 1.68. The Morgan fingerprint density at radius 3 is 2.61 bits per heavy atom. The zero-order valence-electron chi connectivity index (χ0n) is 16.3. The third-order valence-electron chi connectivity index (χ3n) is 4.40. The second kappa shape index (κ2) is 9.12. The van der Waals surface area contributed by atoms with Gasteiger partial charge in [-0.3, -0.25) is 0 Å². The van der Waals surface area contributed by atoms with Crippen molar-refractivity contribution in [1.82, 2.24) is 14.9 Å². The highest BCUT2D eigenvalue weighted by atomic mass is 16.6. The van der Waals surface area contributed by atoms with Gasteiger partial charge in [-0.05, 0) is 25.1 Å². The Morgan fingerprint density at radius 1 is 1.14 bits per heavy atom. The van der Waals surface area contributed by atoms with E-state index in [0.29, 0.717) is 56.1 Å². The Labute approximate surface area is 164 Å². The molecule has 0 aliphatic carbocycles. The number of nitrogens with zero attached hydrogens (tertiary/aromatic N) is 4. The second-order valence-electron chi connectivity index (χ2n) is 6.11. The molecular weight excluding hydrogens is 362 g/mol. The van der Waals surface area contributed by atoms with E-state index in [1.165, 1.54) is 0 Å². The number of methoxy groups -OCH3 is 2. The second-order valence-corrected chi connectivity index (χ2v) is 6.11. The number of nitrogens with one attached hydrogen (secondary N) is 1. The first-order valence-electron chi connectivity index (χ1n) is 9.13. The minimum absolute atomic E-state index is 0.273. The van der Waals surface area contributed by atoms with Crippen molar-refractivity contribution in [3.05, 3.63) is 30.5 Å². The largest absolute Gasteiger partial charge is 0.497 e. The summed E-state index contributed by atoms with van der Waals surface area (Å²) in [6, 6.07) is 7.32. The van der Waals surface area contributed by atoms with Gasteiger partial charge in [0, 0.05) is 38.4 Å². The summed E-state index contributed by atoms with van der Waals surface area (Å²) in [4.78, 5) is 24.5. The third-order valence-corrected chi connectivity index (χ3v) is 4.40. The molecule has 0 unspecified atom stereocenters. The predicted octanol–water partition coefficient (Wildman–Crippen LogP) is 2.52. The van der Waals surface area contributed by atoms with Gasteiger partial charge in [-0.1, -0.05) is 0 Å². The molecule has 0 radical (unpaired) electrons. The van der Waals surface area contributed by atoms with Crippen LogP contribution in [0.3, 0.4) is 0 Å². The number of anilines is 3. The van der Waals surface area contributed by atoms with Gasteiger partial charge in [0.1, 0.15) is 17.3 Å². The molecule has 28 heavy (non-hydrogen) atoms. The van der Waals surface area contributed by atoms with Gasteiger partial charge in [0.25, 0.3) is 0 Å². The molecule has 0 spiro atoms. The fourth-order valence-corrected chi connectivity index (χ4v) is 2.91. The maximum absolute atomic E-state index is 11.8. The van der Waals surface area contributed by atoms with Crippen LogP contribution in [0.4, 0.5) is 22.2 Å². The van der Waals surface area contributed by atoms with Crippen molar-refractivity contribution in [2.45, 2.75) is 6.92 Å². The average molecular weight is 387 g/mol. The molecule has 1 aliphatic rings. The van der Waals surface area contributed by atoms with Gasteiger partial charge >= 0.3 is 6.09 Å². The van der Waals surface area contributed by atoms with Crippen LogP contribution in [-0.4, -0.2) is 68.0 Å². The van der Waals surface area contributed by atoms with E-state index in [4.69, 9.17) is 14.2 Å². The zero-order valence-corrected chi connectivity index (χ0v) is 16.3. The molecule has 1 aromatic heterocycles. The summed E-state index contributed by atoms with van der Waals surface area (Å²) in [5.74, 6) is 2.63. The van der Waals surface area contributed by atoms with Gasteiger partial charge < -0.3 is 29.3 Å². The van der Waals surface area contributed by atoms with Crippen LogP contribution in [0.25, 0.3) is 0 Å². The van der Waals surface area contributed by atoms with Gasteiger partial charge in [-0.2, -0.15) is 4.98 Å². The van der Waals surface area contributed by atoms with Crippen LogP contribution < -0.4 is 19.7 Å². The first-order chi connectivity index (χ1) is 13.6. The van der Waals surface area contributed by atoms with Crippen LogP contribution in [0.15, 0.2) is 30.5 Å². The fourth-order valence-electron chi connectivity index (χ4n) is 2.91. The number of ether oxygens (including phenoxy) is 3. The summed E-state index contributed by atoms with van der Waals surface area (Å²) < 4.78 is 15.7. The van der Waals surface area contributed by atoms with E-state index in [2.05, 4.69) is 15.3 Å². The summed E-state index contributed by atoms with van der Waals surface area (Å²) in [7, 11) is 3.22. The molecule has 1 aromatic carbocycles. The standard InChI is InChI=1S/C19H25N5O4/c1-4-28-19(25)24-11-9-23(10-12-24)18-20-8-7-17(22-18)21-15-6-5-14(26-2)13-16(15)27-3/h5-8,13H,4,9-12H2,1-3H3,(H,20,21,22). The predicted molar refractivity (Wildman–Crippen MR) is 106 cm³/mol. The van der Waals surface area contributed by atoms with Gasteiger partial charge in [-0.25, -0.2) is 9.78 Å². The van der Waals surface area contributed by atoms with Crippen LogP contribution in [-0.2, 0) is 4.74 Å². The van der Waals surface area contributed by atoms with E-state index < -0.39 is 0 Å². The van der Waals surface area contributed by atoms with Gasteiger partial charge in [0.05, 0.1) is 26.5 Å². The topological polar surface area (TPSA) is 89.1 Å². The van der Waals surface area contributed by atoms with Crippen molar-refractivity contribution in [1.29, 1.82) is 0 Å². The number of carbonyl (C=O) groups excluding carboxylic acids is 1. The van der Waals surface area contributed by atoms with Crippen molar-refractivity contribution >= 4 is 23.5 Å². The van der Waals surface area contributed by atoms with Crippen LogP contribution in [0.5, 0.6) is 11.5 Å². The number of aromatic nitrogens is 2. The molecule has 0 bridgehead atoms. The maximum atomic E-state index is 11.8. The average Bonchev–Trinajstić information content (AvgIpc) is 2.74. The lowest BCUT2D eigenvalue weighted by Gasteiger charge is -2.34. The smallest absolute Gasteiger partial charge is 0.409 e. The molecule has 9 nitrogen and oxygen atoms in total. The maximum Gasteiger partial charge on any atom is 0.409 e. The monoisotopic (exact) mass is 387 g/mol. The summed E-state index contributed by atoms with van der Waals surface area (Å²) in [6.07, 6.45) is 1.43. The molecule has 1 amide bonds. The van der Waals surface area contributed by atoms with E-state index >= 15 is 0 Å². The van der Waals surface area contributed by atoms with Crippen molar-refractivity contribution in [3.8, 4) is 11.5 Å². The fraction of sp³-hybridized carbons (Fsp3) is 0.421. The van der Waals surface area contributed by atoms with Crippen LogP contribution in [0.2, 0.25) is 0 Å². The number of hydrogen-bond donors (Lipinski definition) is 1. The quantitative estimate of drug-likeness (QED) is 0.809. The van der Waals surface area contributed by atoms with E-state index in [0.717, 1.165) is 5.69 Å². The van der Waals surface area contributed by atoms with Gasteiger partial charge in [-0.15, -0.1) is 0 Å². The lowest BCUT2D eigenvalue weighted by atomic mass is 10.2. The Bertz CT molecular complexity index is 809. The normalized spacial score (nSPS) is 13.8. The van der Waals surface area contributed by atoms with Crippen molar-refractivity contribution in [3.63, 3.8) is 0 Å². The molecule has 9 heteroatoms. The van der Waals surface area contributed by atoms with Gasteiger partial charge in [0.2, 0.25) is 5.95 Å². The summed E-state index contributed by atoms with van der Waals surface area (Å²) >= 11 is 0. The molecule has 1 fully saturated rings. The van der Waals surface area contributed by atoms with Crippen LogP contribution >= 0.6 is 0 Å². The highest BCUT2D eigenvalue weighted by Gasteiger charge is 2.23. The number of carbonyl (C=O) groups is 1. The van der Waals surface area contributed by atoms with E-state index in [9.17, 15) is 4.79 Å². The molecule has 0 saturated carbocycles.